The molecule has 0 N–H and O–H groups in total. The second-order valence-electron chi connectivity index (χ2n) is 2.57. The van der Waals surface area contributed by atoms with E-state index in [1.54, 1.807) is 0 Å². The summed E-state index contributed by atoms with van der Waals surface area (Å²) in [5.41, 5.74) is 0. The summed E-state index contributed by atoms with van der Waals surface area (Å²) >= 11 is 3.53. The Hall–Kier alpha value is -0.690. The van der Waals surface area contributed by atoms with Crippen LogP contribution in [0.3, 0.4) is 0 Å². The average Bonchev–Trinajstić information content (AvgIpc) is 2.63. The van der Waals surface area contributed by atoms with Gasteiger partial charge in [-0.05, 0) is 46.3 Å². The predicted octanol–water partition coefficient (Wildman–Crippen LogP) is 2.72. The molecule has 14 heavy (non-hydrogen) atoms. The second kappa shape index (κ2) is 4.70. The van der Waals surface area contributed by atoms with Crippen molar-refractivity contribution in [3.8, 4) is 5.75 Å². The fourth-order valence-electron chi connectivity index (χ4n) is 0.956. The molecule has 0 radical (unpaired) electrons. The molecule has 5 heteroatoms. The molecule has 0 spiro atoms. The van der Waals surface area contributed by atoms with E-state index in [0.29, 0.717) is 6.61 Å². The Labute approximate surface area is 99.4 Å². The summed E-state index contributed by atoms with van der Waals surface area (Å²) < 4.78 is 10.6. The van der Waals surface area contributed by atoms with E-state index in [0.717, 1.165) is 14.6 Å². The van der Waals surface area contributed by atoms with Crippen LogP contribution >= 0.6 is 34.1 Å². The first-order valence-corrected chi connectivity index (χ1v) is 5.86. The van der Waals surface area contributed by atoms with Crippen LogP contribution in [0.4, 0.5) is 0 Å². The Morgan fingerprint density at radius 3 is 2.71 bits per heavy atom. The zero-order valence-electron chi connectivity index (χ0n) is 7.18. The molecule has 0 bridgehead atoms. The van der Waals surface area contributed by atoms with Gasteiger partial charge in [-0.15, -0.1) is 0 Å². The van der Waals surface area contributed by atoms with Crippen molar-refractivity contribution in [3.05, 3.63) is 39.2 Å². The van der Waals surface area contributed by atoms with E-state index in [-0.39, 0.29) is 0 Å². The van der Waals surface area contributed by atoms with Crippen molar-refractivity contribution in [3.63, 3.8) is 0 Å². The highest BCUT2D eigenvalue weighted by atomic mass is 127. The first kappa shape index (κ1) is 9.85. The van der Waals surface area contributed by atoms with Crippen molar-refractivity contribution in [1.82, 2.24) is 9.36 Å². The Morgan fingerprint density at radius 1 is 1.29 bits per heavy atom. The number of nitrogens with zero attached hydrogens (tertiary/aromatic N) is 2. The molecule has 1 aromatic carbocycles. The van der Waals surface area contributed by atoms with Gasteiger partial charge in [-0.2, -0.15) is 4.37 Å². The number of benzene rings is 1. The number of hydrogen-bond acceptors (Lipinski definition) is 4. The van der Waals surface area contributed by atoms with Gasteiger partial charge in [0.05, 0.1) is 0 Å². The molecule has 3 nitrogen and oxygen atoms in total. The van der Waals surface area contributed by atoms with Crippen molar-refractivity contribution < 1.29 is 4.74 Å². The largest absolute Gasteiger partial charge is 0.486 e. The quantitative estimate of drug-likeness (QED) is 0.816. The third kappa shape index (κ3) is 2.65. The van der Waals surface area contributed by atoms with Crippen LogP contribution in [0.5, 0.6) is 5.75 Å². The van der Waals surface area contributed by atoms with Crippen LogP contribution in [-0.2, 0) is 6.61 Å². The lowest BCUT2D eigenvalue weighted by Crippen LogP contribution is -1.96. The van der Waals surface area contributed by atoms with Crippen molar-refractivity contribution in [1.29, 1.82) is 0 Å². The van der Waals surface area contributed by atoms with Crippen molar-refractivity contribution in [2.75, 3.05) is 0 Å². The topological polar surface area (TPSA) is 35.0 Å². The van der Waals surface area contributed by atoms with Crippen molar-refractivity contribution in [2.24, 2.45) is 0 Å². The molecule has 0 aliphatic heterocycles. The minimum Gasteiger partial charge on any atom is -0.486 e. The summed E-state index contributed by atoms with van der Waals surface area (Å²) in [4.78, 5) is 4.19. The molecule has 1 aromatic heterocycles. The van der Waals surface area contributed by atoms with Crippen LogP contribution in [0, 0.1) is 3.01 Å². The Kier molecular flexibility index (Phi) is 3.30. The minimum atomic E-state index is 0.434. The standard InChI is InChI=1S/C9H7IN2OS/c10-9-11-8(12-14-9)6-13-7-4-2-1-3-5-7/h1-5H,6H2. The van der Waals surface area contributed by atoms with Crippen LogP contribution in [0.2, 0.25) is 0 Å². The van der Waals surface area contributed by atoms with Crippen LogP contribution in [-0.4, -0.2) is 9.36 Å². The monoisotopic (exact) mass is 318 g/mol. The zero-order chi connectivity index (χ0) is 9.80. The lowest BCUT2D eigenvalue weighted by Gasteiger charge is -2.01. The van der Waals surface area contributed by atoms with Crippen LogP contribution in [0.1, 0.15) is 5.82 Å². The third-order valence-electron chi connectivity index (χ3n) is 1.55. The molecular weight excluding hydrogens is 311 g/mol. The lowest BCUT2D eigenvalue weighted by molar-refractivity contribution is 0.297. The van der Waals surface area contributed by atoms with Gasteiger partial charge in [-0.3, -0.25) is 0 Å². The Morgan fingerprint density at radius 2 is 2.07 bits per heavy atom. The molecular formula is C9H7IN2OS. The normalized spacial score (nSPS) is 10.1. The maximum Gasteiger partial charge on any atom is 0.180 e. The lowest BCUT2D eigenvalue weighted by atomic mass is 10.3. The van der Waals surface area contributed by atoms with E-state index >= 15 is 0 Å². The average molecular weight is 318 g/mol. The molecule has 0 aliphatic rings. The number of halogens is 1. The maximum absolute atomic E-state index is 5.48. The second-order valence-corrected chi connectivity index (χ2v) is 5.07. The van der Waals surface area contributed by atoms with Gasteiger partial charge >= 0.3 is 0 Å². The fraction of sp³-hybridized carbons (Fsp3) is 0.111. The summed E-state index contributed by atoms with van der Waals surface area (Å²) in [6, 6.07) is 9.66. The van der Waals surface area contributed by atoms with E-state index < -0.39 is 0 Å². The summed E-state index contributed by atoms with van der Waals surface area (Å²) in [7, 11) is 0. The molecule has 1 heterocycles. The van der Waals surface area contributed by atoms with Crippen molar-refractivity contribution >= 4 is 34.1 Å². The first-order chi connectivity index (χ1) is 6.84. The Bertz CT molecular complexity index is 404. The highest BCUT2D eigenvalue weighted by Gasteiger charge is 2.01. The molecule has 0 atom stereocenters. The predicted molar refractivity (Wildman–Crippen MR) is 63.4 cm³/mol. The molecule has 0 saturated heterocycles. The van der Waals surface area contributed by atoms with E-state index in [9.17, 15) is 0 Å². The number of rotatable bonds is 3. The number of hydrogen-bond donors (Lipinski definition) is 0. The summed E-state index contributed by atoms with van der Waals surface area (Å²) in [5.74, 6) is 1.58. The SMILES string of the molecule is Ic1nc(COc2ccccc2)ns1. The molecule has 72 valence electrons. The maximum atomic E-state index is 5.48. The van der Waals surface area contributed by atoms with E-state index in [1.807, 2.05) is 30.3 Å². The van der Waals surface area contributed by atoms with Gasteiger partial charge < -0.3 is 4.74 Å². The first-order valence-electron chi connectivity index (χ1n) is 4.00. The van der Waals surface area contributed by atoms with Gasteiger partial charge in [0.2, 0.25) is 0 Å². The van der Waals surface area contributed by atoms with Gasteiger partial charge in [-0.1, -0.05) is 18.2 Å². The molecule has 2 rings (SSSR count). The molecule has 0 fully saturated rings. The van der Waals surface area contributed by atoms with Crippen LogP contribution < -0.4 is 4.74 Å². The smallest absolute Gasteiger partial charge is 0.180 e. The zero-order valence-corrected chi connectivity index (χ0v) is 10.2. The molecule has 2 aromatic rings. The number of aromatic nitrogens is 2. The Balaban J connectivity index is 1.95. The highest BCUT2D eigenvalue weighted by Crippen LogP contribution is 2.12. The van der Waals surface area contributed by atoms with Crippen LogP contribution in [0.15, 0.2) is 30.3 Å². The highest BCUT2D eigenvalue weighted by molar-refractivity contribution is 14.1. The molecule has 0 amide bonds. The van der Waals surface area contributed by atoms with Gasteiger partial charge in [0, 0.05) is 0 Å². The van der Waals surface area contributed by atoms with Gasteiger partial charge in [0.25, 0.3) is 0 Å². The van der Waals surface area contributed by atoms with E-state index in [1.165, 1.54) is 11.5 Å². The summed E-state index contributed by atoms with van der Waals surface area (Å²) in [5, 5.41) is 0. The third-order valence-corrected chi connectivity index (χ3v) is 2.93. The number of ether oxygens (including phenoxy) is 1. The van der Waals surface area contributed by atoms with E-state index in [2.05, 4.69) is 31.9 Å². The molecule has 0 saturated carbocycles. The minimum absolute atomic E-state index is 0.434. The number of para-hydroxylation sites is 1. The molecule has 0 aliphatic carbocycles. The summed E-state index contributed by atoms with van der Waals surface area (Å²) in [6.45, 7) is 0.434. The fourth-order valence-corrected chi connectivity index (χ4v) is 1.95. The van der Waals surface area contributed by atoms with E-state index in [4.69, 9.17) is 4.74 Å². The van der Waals surface area contributed by atoms with Gasteiger partial charge in [-0.25, -0.2) is 4.98 Å². The van der Waals surface area contributed by atoms with Crippen molar-refractivity contribution in [2.45, 2.75) is 6.61 Å². The van der Waals surface area contributed by atoms with Gasteiger partial charge in [0.15, 0.2) is 8.84 Å². The summed E-state index contributed by atoms with van der Waals surface area (Å²) in [6.07, 6.45) is 0. The molecule has 0 unspecified atom stereocenters. The van der Waals surface area contributed by atoms with Crippen LogP contribution in [0.25, 0.3) is 0 Å². The van der Waals surface area contributed by atoms with Gasteiger partial charge in [0.1, 0.15) is 12.4 Å².